The van der Waals surface area contributed by atoms with Crippen molar-refractivity contribution in [3.63, 3.8) is 0 Å². The molecule has 0 bridgehead atoms. The Morgan fingerprint density at radius 1 is 1.21 bits per heavy atom. The highest BCUT2D eigenvalue weighted by Gasteiger charge is 2.33. The summed E-state index contributed by atoms with van der Waals surface area (Å²) in [5.74, 6) is -0.242. The molecule has 0 aliphatic carbocycles. The minimum atomic E-state index is -4.72. The maximum atomic E-state index is 13.0. The zero-order valence-electron chi connectivity index (χ0n) is 14.3. The third-order valence-corrected chi connectivity index (χ3v) is 6.75. The van der Waals surface area contributed by atoms with Crippen LogP contribution in [0.2, 0.25) is 5.02 Å². The van der Waals surface area contributed by atoms with Gasteiger partial charge in [0.25, 0.3) is 10.0 Å². The van der Waals surface area contributed by atoms with E-state index in [1.54, 1.807) is 6.07 Å². The van der Waals surface area contributed by atoms with Crippen molar-refractivity contribution in [3.8, 4) is 0 Å². The highest BCUT2D eigenvalue weighted by Crippen LogP contribution is 2.38. The van der Waals surface area contributed by atoms with Gasteiger partial charge in [-0.3, -0.25) is 9.52 Å². The Bertz CT molecular complexity index is 1040. The maximum Gasteiger partial charge on any atom is 0.417 e. The number of alkyl halides is 3. The topological polar surface area (TPSA) is 75.3 Å². The van der Waals surface area contributed by atoms with Gasteiger partial charge in [0.2, 0.25) is 5.91 Å². The molecule has 1 aliphatic heterocycles. The van der Waals surface area contributed by atoms with Crippen molar-refractivity contribution < 1.29 is 26.4 Å². The molecule has 0 aromatic heterocycles. The first-order chi connectivity index (χ1) is 13.0. The Hall–Kier alpha value is -1.91. The Labute approximate surface area is 168 Å². The van der Waals surface area contributed by atoms with E-state index in [2.05, 4.69) is 10.0 Å². The number of thioether (sulfide) groups is 1. The van der Waals surface area contributed by atoms with Crippen LogP contribution in [0.1, 0.15) is 18.9 Å². The smallest absolute Gasteiger partial charge is 0.325 e. The van der Waals surface area contributed by atoms with E-state index in [0.29, 0.717) is 16.6 Å². The van der Waals surface area contributed by atoms with Crippen LogP contribution in [0.15, 0.2) is 46.2 Å². The summed E-state index contributed by atoms with van der Waals surface area (Å²) in [4.78, 5) is 12.4. The van der Waals surface area contributed by atoms with Gasteiger partial charge in [-0.2, -0.15) is 13.2 Å². The van der Waals surface area contributed by atoms with Crippen LogP contribution in [0.5, 0.6) is 0 Å². The molecular formula is C17H14ClF3N2O3S2. The summed E-state index contributed by atoms with van der Waals surface area (Å²) in [6, 6.07) is 6.90. The fourth-order valence-electron chi connectivity index (χ4n) is 2.62. The third kappa shape index (κ3) is 4.56. The van der Waals surface area contributed by atoms with E-state index in [0.717, 1.165) is 12.1 Å². The molecule has 0 saturated heterocycles. The number of fused-ring (bicyclic) bond motifs is 1. The standard InChI is InChI=1S/C17H14ClF3N2O3S2/c1-9-6-16(24)22-14-8-11(3-5-15(14)27-9)28(25,26)23-10-2-4-13(18)12(7-10)17(19,20)21/h2-5,7-9,23H,6H2,1H3,(H,22,24)/t9-/m0/s1. The van der Waals surface area contributed by atoms with Crippen molar-refractivity contribution in [1.29, 1.82) is 0 Å². The van der Waals surface area contributed by atoms with Crippen LogP contribution >= 0.6 is 23.4 Å². The summed E-state index contributed by atoms with van der Waals surface area (Å²) in [5.41, 5.74) is -1.08. The number of nitrogens with one attached hydrogen (secondary N) is 2. The van der Waals surface area contributed by atoms with Crippen LogP contribution in [-0.4, -0.2) is 19.6 Å². The van der Waals surface area contributed by atoms with E-state index in [1.807, 2.05) is 6.92 Å². The molecular weight excluding hydrogens is 437 g/mol. The van der Waals surface area contributed by atoms with Gasteiger partial charge >= 0.3 is 6.18 Å². The van der Waals surface area contributed by atoms with Crippen molar-refractivity contribution in [2.24, 2.45) is 0 Å². The van der Waals surface area contributed by atoms with Crippen LogP contribution in [-0.2, 0) is 21.0 Å². The Morgan fingerprint density at radius 3 is 2.61 bits per heavy atom. The van der Waals surface area contributed by atoms with Crippen LogP contribution in [0.3, 0.4) is 0 Å². The molecule has 3 rings (SSSR count). The number of rotatable bonds is 3. The Balaban J connectivity index is 1.93. The van der Waals surface area contributed by atoms with E-state index in [1.165, 1.54) is 23.9 Å². The second kappa shape index (κ2) is 7.49. The normalized spacial score (nSPS) is 17.5. The lowest BCUT2D eigenvalue weighted by molar-refractivity contribution is -0.137. The van der Waals surface area contributed by atoms with Gasteiger partial charge in [-0.25, -0.2) is 8.42 Å². The summed E-state index contributed by atoms with van der Waals surface area (Å²) in [6.45, 7) is 1.88. The van der Waals surface area contributed by atoms with Crippen molar-refractivity contribution in [2.45, 2.75) is 34.6 Å². The summed E-state index contributed by atoms with van der Waals surface area (Å²) in [7, 11) is -4.19. The van der Waals surface area contributed by atoms with Gasteiger partial charge in [0.15, 0.2) is 0 Å². The van der Waals surface area contributed by atoms with Gasteiger partial charge in [-0.05, 0) is 36.4 Å². The molecule has 150 valence electrons. The number of amides is 1. The largest absolute Gasteiger partial charge is 0.417 e. The summed E-state index contributed by atoms with van der Waals surface area (Å²) in [5, 5.41) is 2.14. The lowest BCUT2D eigenvalue weighted by Crippen LogP contribution is -2.16. The minimum Gasteiger partial charge on any atom is -0.325 e. The zero-order valence-corrected chi connectivity index (χ0v) is 16.7. The monoisotopic (exact) mass is 450 g/mol. The molecule has 11 heteroatoms. The maximum absolute atomic E-state index is 13.0. The molecule has 0 spiro atoms. The van der Waals surface area contributed by atoms with Crippen LogP contribution < -0.4 is 10.0 Å². The Morgan fingerprint density at radius 2 is 1.93 bits per heavy atom. The lowest BCUT2D eigenvalue weighted by Gasteiger charge is -2.14. The number of carbonyl (C=O) groups excluding carboxylic acids is 1. The average molecular weight is 451 g/mol. The molecule has 2 aromatic carbocycles. The molecule has 0 unspecified atom stereocenters. The van der Waals surface area contributed by atoms with Crippen molar-refractivity contribution in [1.82, 2.24) is 0 Å². The van der Waals surface area contributed by atoms with E-state index < -0.39 is 26.8 Å². The minimum absolute atomic E-state index is 0.0247. The van der Waals surface area contributed by atoms with Gasteiger partial charge in [0.05, 0.1) is 21.2 Å². The number of benzene rings is 2. The number of carbonyl (C=O) groups is 1. The summed E-state index contributed by atoms with van der Waals surface area (Å²) >= 11 is 6.98. The van der Waals surface area contributed by atoms with Gasteiger partial charge in [0, 0.05) is 22.3 Å². The van der Waals surface area contributed by atoms with Crippen LogP contribution in [0, 0.1) is 0 Å². The second-order valence-corrected chi connectivity index (χ2v) is 9.71. The first-order valence-electron chi connectivity index (χ1n) is 7.96. The predicted molar refractivity (Wildman–Crippen MR) is 102 cm³/mol. The predicted octanol–water partition coefficient (Wildman–Crippen LogP) is 4.98. The molecule has 0 fully saturated rings. The average Bonchev–Trinajstić information content (AvgIpc) is 2.70. The molecule has 0 saturated carbocycles. The van der Waals surface area contributed by atoms with Gasteiger partial charge in [0.1, 0.15) is 0 Å². The number of hydrogen-bond acceptors (Lipinski definition) is 4. The Kier molecular flexibility index (Phi) is 5.57. The molecule has 2 aromatic rings. The molecule has 1 aliphatic rings. The lowest BCUT2D eigenvalue weighted by atomic mass is 10.2. The van der Waals surface area contributed by atoms with Crippen molar-refractivity contribution >= 4 is 50.7 Å². The first-order valence-corrected chi connectivity index (χ1v) is 10.7. The second-order valence-electron chi connectivity index (χ2n) is 6.14. The number of hydrogen-bond donors (Lipinski definition) is 2. The van der Waals surface area contributed by atoms with E-state index >= 15 is 0 Å². The SMILES string of the molecule is C[C@H]1CC(=O)Nc2cc(S(=O)(=O)Nc3ccc(Cl)c(C(F)(F)F)c3)ccc2S1. The molecule has 1 heterocycles. The van der Waals surface area contributed by atoms with E-state index in [-0.39, 0.29) is 28.2 Å². The van der Waals surface area contributed by atoms with Crippen molar-refractivity contribution in [2.75, 3.05) is 10.0 Å². The third-order valence-electron chi connectivity index (χ3n) is 3.86. The zero-order chi connectivity index (χ0) is 20.7. The van der Waals surface area contributed by atoms with Crippen LogP contribution in [0.4, 0.5) is 24.5 Å². The highest BCUT2D eigenvalue weighted by molar-refractivity contribution is 8.00. The fourth-order valence-corrected chi connectivity index (χ4v) is 4.97. The van der Waals surface area contributed by atoms with E-state index in [4.69, 9.17) is 11.6 Å². The molecule has 28 heavy (non-hydrogen) atoms. The van der Waals surface area contributed by atoms with Gasteiger partial charge < -0.3 is 5.32 Å². The number of anilines is 2. The first kappa shape index (κ1) is 20.8. The van der Waals surface area contributed by atoms with Crippen molar-refractivity contribution in [3.05, 3.63) is 47.0 Å². The quantitative estimate of drug-likeness (QED) is 0.691. The molecule has 5 nitrogen and oxygen atoms in total. The number of halogens is 4. The number of sulfonamides is 1. The van der Waals surface area contributed by atoms with Gasteiger partial charge in [-0.1, -0.05) is 18.5 Å². The van der Waals surface area contributed by atoms with Gasteiger partial charge in [-0.15, -0.1) is 11.8 Å². The summed E-state index contributed by atoms with van der Waals surface area (Å²) < 4.78 is 66.3. The fraction of sp³-hybridized carbons (Fsp3) is 0.235. The molecule has 1 amide bonds. The highest BCUT2D eigenvalue weighted by atomic mass is 35.5. The van der Waals surface area contributed by atoms with E-state index in [9.17, 15) is 26.4 Å². The molecule has 0 radical (unpaired) electrons. The molecule has 2 N–H and O–H groups in total. The molecule has 1 atom stereocenters. The van der Waals surface area contributed by atoms with Crippen LogP contribution in [0.25, 0.3) is 0 Å². The summed E-state index contributed by atoms with van der Waals surface area (Å²) in [6.07, 6.45) is -4.44.